The number of oxazole rings is 1. The lowest BCUT2D eigenvalue weighted by Gasteiger charge is -1.99. The van der Waals surface area contributed by atoms with E-state index in [1.54, 1.807) is 6.20 Å². The first kappa shape index (κ1) is 12.5. The molecule has 15 heavy (non-hydrogen) atoms. The van der Waals surface area contributed by atoms with Crippen molar-refractivity contribution in [3.8, 4) is 0 Å². The second kappa shape index (κ2) is 7.71. The molecule has 4 heteroatoms. The first-order valence-corrected chi connectivity index (χ1v) is 5.97. The molecule has 0 N–H and O–H groups in total. The number of hydrogen-bond donors (Lipinski definition) is 0. The summed E-state index contributed by atoms with van der Waals surface area (Å²) >= 11 is 5.59. The maximum Gasteiger partial charge on any atom is 0.194 e. The van der Waals surface area contributed by atoms with Gasteiger partial charge in [0.2, 0.25) is 0 Å². The first-order chi connectivity index (χ1) is 7.36. The van der Waals surface area contributed by atoms with Gasteiger partial charge in [0.15, 0.2) is 5.89 Å². The van der Waals surface area contributed by atoms with Crippen molar-refractivity contribution in [1.82, 2.24) is 4.98 Å². The van der Waals surface area contributed by atoms with Crippen LogP contribution in [0.1, 0.15) is 31.4 Å². The van der Waals surface area contributed by atoms with Crippen LogP contribution >= 0.6 is 11.6 Å². The number of alkyl halides is 1. The summed E-state index contributed by atoms with van der Waals surface area (Å²) < 4.78 is 10.9. The summed E-state index contributed by atoms with van der Waals surface area (Å²) in [7, 11) is 0. The lowest BCUT2D eigenvalue weighted by molar-refractivity contribution is 0.134. The molecule has 0 radical (unpaired) electrons. The Kier molecular flexibility index (Phi) is 6.44. The van der Waals surface area contributed by atoms with E-state index < -0.39 is 0 Å². The van der Waals surface area contributed by atoms with Gasteiger partial charge in [-0.05, 0) is 12.8 Å². The lowest BCUT2D eigenvalue weighted by Crippen LogP contribution is -1.98. The maximum absolute atomic E-state index is 5.59. The number of halogens is 1. The minimum Gasteiger partial charge on any atom is -0.446 e. The van der Waals surface area contributed by atoms with Gasteiger partial charge in [-0.2, -0.15) is 0 Å². The van der Waals surface area contributed by atoms with E-state index >= 15 is 0 Å². The molecule has 0 unspecified atom stereocenters. The van der Waals surface area contributed by atoms with Crippen LogP contribution < -0.4 is 0 Å². The SMILES string of the molecule is CCCOCCc1cnc(CCCCl)o1. The summed E-state index contributed by atoms with van der Waals surface area (Å²) in [5, 5.41) is 0. The standard InChI is InChI=1S/C11H18ClNO2/c1-2-7-14-8-5-10-9-13-11(15-10)4-3-6-12/h9H,2-8H2,1H3. The Hall–Kier alpha value is -0.540. The molecule has 0 aliphatic carbocycles. The van der Waals surface area contributed by atoms with Gasteiger partial charge in [-0.3, -0.25) is 0 Å². The average molecular weight is 232 g/mol. The topological polar surface area (TPSA) is 35.3 Å². The van der Waals surface area contributed by atoms with Crippen LogP contribution in [0.3, 0.4) is 0 Å². The molecule has 1 aromatic rings. The van der Waals surface area contributed by atoms with Gasteiger partial charge in [0, 0.05) is 25.3 Å². The van der Waals surface area contributed by atoms with Gasteiger partial charge in [-0.1, -0.05) is 6.92 Å². The molecule has 86 valence electrons. The van der Waals surface area contributed by atoms with Crippen molar-refractivity contribution in [3.63, 3.8) is 0 Å². The second-order valence-corrected chi connectivity index (χ2v) is 3.75. The molecule has 1 aromatic heterocycles. The summed E-state index contributed by atoms with van der Waals surface area (Å²) in [6, 6.07) is 0. The third-order valence-corrected chi connectivity index (χ3v) is 2.23. The molecule has 0 saturated carbocycles. The predicted octanol–water partition coefficient (Wildman–Crippen LogP) is 2.82. The fourth-order valence-electron chi connectivity index (χ4n) is 1.22. The van der Waals surface area contributed by atoms with Crippen molar-refractivity contribution >= 4 is 11.6 Å². The van der Waals surface area contributed by atoms with Gasteiger partial charge in [0.25, 0.3) is 0 Å². The normalized spacial score (nSPS) is 10.8. The number of rotatable bonds is 8. The van der Waals surface area contributed by atoms with Crippen LogP contribution in [0.4, 0.5) is 0 Å². The summed E-state index contributed by atoms with van der Waals surface area (Å²) in [5.41, 5.74) is 0. The minimum atomic E-state index is 0.650. The van der Waals surface area contributed by atoms with Gasteiger partial charge in [-0.15, -0.1) is 11.6 Å². The van der Waals surface area contributed by atoms with E-state index in [-0.39, 0.29) is 0 Å². The highest BCUT2D eigenvalue weighted by Crippen LogP contribution is 2.07. The predicted molar refractivity (Wildman–Crippen MR) is 60.4 cm³/mol. The van der Waals surface area contributed by atoms with Crippen LogP contribution in [-0.2, 0) is 17.6 Å². The van der Waals surface area contributed by atoms with Crippen molar-refractivity contribution in [2.75, 3.05) is 19.1 Å². The molecular weight excluding hydrogens is 214 g/mol. The summed E-state index contributed by atoms with van der Waals surface area (Å²) in [6.45, 7) is 3.62. The molecule has 0 saturated heterocycles. The number of aromatic nitrogens is 1. The van der Waals surface area contributed by atoms with E-state index in [0.29, 0.717) is 12.5 Å². The number of ether oxygens (including phenoxy) is 1. The number of hydrogen-bond acceptors (Lipinski definition) is 3. The molecule has 0 bridgehead atoms. The van der Waals surface area contributed by atoms with E-state index in [0.717, 1.165) is 43.9 Å². The van der Waals surface area contributed by atoms with Crippen molar-refractivity contribution < 1.29 is 9.15 Å². The van der Waals surface area contributed by atoms with E-state index in [4.69, 9.17) is 20.8 Å². The van der Waals surface area contributed by atoms with Gasteiger partial charge in [0.1, 0.15) is 5.76 Å². The molecular formula is C11H18ClNO2. The zero-order valence-electron chi connectivity index (χ0n) is 9.17. The monoisotopic (exact) mass is 231 g/mol. The summed E-state index contributed by atoms with van der Waals surface area (Å²) in [5.74, 6) is 2.33. The Morgan fingerprint density at radius 2 is 2.27 bits per heavy atom. The minimum absolute atomic E-state index is 0.650. The van der Waals surface area contributed by atoms with Gasteiger partial charge in [0.05, 0.1) is 12.8 Å². The third kappa shape index (κ3) is 5.19. The van der Waals surface area contributed by atoms with Crippen LogP contribution in [0, 0.1) is 0 Å². The van der Waals surface area contributed by atoms with E-state index in [2.05, 4.69) is 11.9 Å². The highest BCUT2D eigenvalue weighted by Gasteiger charge is 2.03. The molecule has 3 nitrogen and oxygen atoms in total. The molecule has 0 atom stereocenters. The first-order valence-electron chi connectivity index (χ1n) is 5.44. The number of aryl methyl sites for hydroxylation is 1. The van der Waals surface area contributed by atoms with Crippen molar-refractivity contribution in [2.45, 2.75) is 32.6 Å². The van der Waals surface area contributed by atoms with Crippen LogP contribution in [0.15, 0.2) is 10.6 Å². The average Bonchev–Trinajstić information content (AvgIpc) is 2.69. The quantitative estimate of drug-likeness (QED) is 0.510. The van der Waals surface area contributed by atoms with Crippen molar-refractivity contribution in [2.24, 2.45) is 0 Å². The molecule has 0 amide bonds. The molecule has 0 spiro atoms. The van der Waals surface area contributed by atoms with Gasteiger partial charge < -0.3 is 9.15 Å². The molecule has 1 rings (SSSR count). The van der Waals surface area contributed by atoms with Crippen LogP contribution in [0.2, 0.25) is 0 Å². The van der Waals surface area contributed by atoms with E-state index in [9.17, 15) is 0 Å². The van der Waals surface area contributed by atoms with Crippen molar-refractivity contribution in [1.29, 1.82) is 0 Å². The Balaban J connectivity index is 2.20. The second-order valence-electron chi connectivity index (χ2n) is 3.38. The Morgan fingerprint density at radius 1 is 1.40 bits per heavy atom. The summed E-state index contributed by atoms with van der Waals surface area (Å²) in [6.07, 6.45) is 5.36. The van der Waals surface area contributed by atoms with E-state index in [1.807, 2.05) is 0 Å². The highest BCUT2D eigenvalue weighted by atomic mass is 35.5. The smallest absolute Gasteiger partial charge is 0.194 e. The van der Waals surface area contributed by atoms with E-state index in [1.165, 1.54) is 0 Å². The largest absolute Gasteiger partial charge is 0.446 e. The van der Waals surface area contributed by atoms with Crippen LogP contribution in [-0.4, -0.2) is 24.1 Å². The molecule has 0 aromatic carbocycles. The molecule has 0 aliphatic rings. The Labute approximate surface area is 95.8 Å². The van der Waals surface area contributed by atoms with Gasteiger partial charge >= 0.3 is 0 Å². The van der Waals surface area contributed by atoms with Crippen molar-refractivity contribution in [3.05, 3.63) is 17.8 Å². The fraction of sp³-hybridized carbons (Fsp3) is 0.727. The Morgan fingerprint density at radius 3 is 3.00 bits per heavy atom. The number of nitrogens with zero attached hydrogens (tertiary/aromatic N) is 1. The maximum atomic E-state index is 5.59. The lowest BCUT2D eigenvalue weighted by atomic mass is 10.3. The highest BCUT2D eigenvalue weighted by molar-refractivity contribution is 6.17. The molecule has 0 fully saturated rings. The van der Waals surface area contributed by atoms with Gasteiger partial charge in [-0.25, -0.2) is 4.98 Å². The fourth-order valence-corrected chi connectivity index (χ4v) is 1.35. The van der Waals surface area contributed by atoms with Crippen LogP contribution in [0.5, 0.6) is 0 Å². The zero-order valence-corrected chi connectivity index (χ0v) is 9.92. The zero-order chi connectivity index (χ0) is 10.9. The molecule has 1 heterocycles. The third-order valence-electron chi connectivity index (χ3n) is 1.97. The summed E-state index contributed by atoms with van der Waals surface area (Å²) in [4.78, 5) is 4.17. The van der Waals surface area contributed by atoms with Crippen LogP contribution in [0.25, 0.3) is 0 Å². The Bertz CT molecular complexity index is 263. The molecule has 0 aliphatic heterocycles.